The number of para-hydroxylation sites is 2. The maximum atomic E-state index is 12.3. The lowest BCUT2D eigenvalue weighted by Gasteiger charge is -2.30. The number of benzene rings is 2. The monoisotopic (exact) mass is 401 g/mol. The van der Waals surface area contributed by atoms with Gasteiger partial charge in [0, 0.05) is 23.2 Å². The molecule has 0 bridgehead atoms. The van der Waals surface area contributed by atoms with E-state index in [9.17, 15) is 4.79 Å². The Bertz CT molecular complexity index is 741. The minimum Gasteiger partial charge on any atom is -0.374 e. The van der Waals surface area contributed by atoms with E-state index in [1.54, 1.807) is 0 Å². The van der Waals surface area contributed by atoms with E-state index in [2.05, 4.69) is 43.6 Å². The average Bonchev–Trinajstić information content (AvgIpc) is 2.64. The van der Waals surface area contributed by atoms with Crippen molar-refractivity contribution in [3.05, 3.63) is 52.5 Å². The Morgan fingerprint density at radius 2 is 1.88 bits per heavy atom. The van der Waals surface area contributed by atoms with Gasteiger partial charge in [-0.3, -0.25) is 4.79 Å². The van der Waals surface area contributed by atoms with Crippen LogP contribution < -0.4 is 15.5 Å². The molecule has 0 aliphatic carbocycles. The molecule has 0 spiro atoms. The Labute approximate surface area is 157 Å². The van der Waals surface area contributed by atoms with Crippen molar-refractivity contribution in [1.29, 1.82) is 0 Å². The average molecular weight is 402 g/mol. The molecule has 1 saturated heterocycles. The maximum absolute atomic E-state index is 12.3. The summed E-state index contributed by atoms with van der Waals surface area (Å²) in [5.74, 6) is -0.0461. The summed E-state index contributed by atoms with van der Waals surface area (Å²) in [6.07, 6.45) is 3.77. The molecule has 2 N–H and O–H groups in total. The number of carbonyl (C=O) groups is 1. The maximum Gasteiger partial charge on any atom is 0.243 e. The second kappa shape index (κ2) is 8.39. The molecule has 2 aromatic carbocycles. The van der Waals surface area contributed by atoms with E-state index >= 15 is 0 Å². The lowest BCUT2D eigenvalue weighted by molar-refractivity contribution is -0.114. The van der Waals surface area contributed by atoms with Crippen molar-refractivity contribution in [2.45, 2.75) is 26.2 Å². The highest BCUT2D eigenvalue weighted by molar-refractivity contribution is 9.10. The van der Waals surface area contributed by atoms with E-state index in [0.29, 0.717) is 0 Å². The van der Waals surface area contributed by atoms with Crippen LogP contribution in [0.2, 0.25) is 0 Å². The van der Waals surface area contributed by atoms with Gasteiger partial charge in [-0.25, -0.2) is 0 Å². The van der Waals surface area contributed by atoms with E-state index < -0.39 is 0 Å². The first-order chi connectivity index (χ1) is 12.1. The van der Waals surface area contributed by atoms with E-state index in [4.69, 9.17) is 0 Å². The van der Waals surface area contributed by atoms with Crippen molar-refractivity contribution in [1.82, 2.24) is 0 Å². The van der Waals surface area contributed by atoms with Gasteiger partial charge in [0.05, 0.1) is 17.9 Å². The van der Waals surface area contributed by atoms with Gasteiger partial charge in [-0.2, -0.15) is 0 Å². The summed E-state index contributed by atoms with van der Waals surface area (Å²) in [5, 5.41) is 6.24. The van der Waals surface area contributed by atoms with E-state index in [-0.39, 0.29) is 12.5 Å². The first kappa shape index (κ1) is 17.8. The fourth-order valence-corrected chi connectivity index (χ4v) is 3.38. The lowest BCUT2D eigenvalue weighted by atomic mass is 10.1. The fraction of sp³-hybridized carbons (Fsp3) is 0.350. The first-order valence-corrected chi connectivity index (χ1v) is 9.56. The van der Waals surface area contributed by atoms with Crippen molar-refractivity contribution >= 4 is 38.9 Å². The Hall–Kier alpha value is -2.01. The molecule has 0 unspecified atom stereocenters. The van der Waals surface area contributed by atoms with Crippen molar-refractivity contribution in [2.75, 3.05) is 35.2 Å². The van der Waals surface area contributed by atoms with Gasteiger partial charge in [0.2, 0.25) is 5.91 Å². The summed E-state index contributed by atoms with van der Waals surface area (Å²) in [6, 6.07) is 14.0. The minimum absolute atomic E-state index is 0.0461. The third-order valence-electron chi connectivity index (χ3n) is 4.48. The molecule has 1 heterocycles. The Balaban J connectivity index is 1.61. The summed E-state index contributed by atoms with van der Waals surface area (Å²) >= 11 is 3.47. The smallest absolute Gasteiger partial charge is 0.243 e. The lowest BCUT2D eigenvalue weighted by Crippen LogP contribution is -2.30. The van der Waals surface area contributed by atoms with Crippen molar-refractivity contribution in [3.63, 3.8) is 0 Å². The highest BCUT2D eigenvalue weighted by Gasteiger charge is 2.14. The predicted molar refractivity (Wildman–Crippen MR) is 109 cm³/mol. The predicted octanol–water partition coefficient (Wildman–Crippen LogP) is 4.80. The SMILES string of the molecule is Cc1cc(NC(=O)CNc2ccccc2N2CCCCC2)ccc1Br. The van der Waals surface area contributed by atoms with Crippen LogP contribution in [-0.4, -0.2) is 25.5 Å². The molecule has 2 aromatic rings. The van der Waals surface area contributed by atoms with Crippen LogP contribution in [0.3, 0.4) is 0 Å². The Kier molecular flexibility index (Phi) is 5.97. The topological polar surface area (TPSA) is 44.4 Å². The van der Waals surface area contributed by atoms with Crippen molar-refractivity contribution in [3.8, 4) is 0 Å². The summed E-state index contributed by atoms with van der Waals surface area (Å²) < 4.78 is 1.04. The number of nitrogens with one attached hydrogen (secondary N) is 2. The number of amides is 1. The largest absolute Gasteiger partial charge is 0.374 e. The highest BCUT2D eigenvalue weighted by Crippen LogP contribution is 2.28. The zero-order valence-electron chi connectivity index (χ0n) is 14.5. The summed E-state index contributed by atoms with van der Waals surface area (Å²) in [7, 11) is 0. The number of rotatable bonds is 5. The molecular formula is C20H24BrN3O. The second-order valence-corrected chi connectivity index (χ2v) is 7.28. The number of hydrogen-bond acceptors (Lipinski definition) is 3. The van der Waals surface area contributed by atoms with Gasteiger partial charge in [-0.15, -0.1) is 0 Å². The molecule has 0 radical (unpaired) electrons. The summed E-state index contributed by atoms with van der Waals surface area (Å²) in [4.78, 5) is 14.7. The van der Waals surface area contributed by atoms with E-state index in [1.165, 1.54) is 24.9 Å². The third-order valence-corrected chi connectivity index (χ3v) is 5.37. The van der Waals surface area contributed by atoms with Crippen molar-refractivity contribution in [2.24, 2.45) is 0 Å². The highest BCUT2D eigenvalue weighted by atomic mass is 79.9. The van der Waals surface area contributed by atoms with Crippen LogP contribution in [0.5, 0.6) is 0 Å². The van der Waals surface area contributed by atoms with Gasteiger partial charge < -0.3 is 15.5 Å². The quantitative estimate of drug-likeness (QED) is 0.755. The Morgan fingerprint density at radius 3 is 2.64 bits per heavy atom. The van der Waals surface area contributed by atoms with Gasteiger partial charge in [0.1, 0.15) is 0 Å². The number of piperidine rings is 1. The fourth-order valence-electron chi connectivity index (χ4n) is 3.14. The van der Waals surface area contributed by atoms with Crippen LogP contribution in [0.1, 0.15) is 24.8 Å². The molecule has 0 atom stereocenters. The van der Waals surface area contributed by atoms with Gasteiger partial charge in [-0.05, 0) is 62.1 Å². The second-order valence-electron chi connectivity index (χ2n) is 6.43. The van der Waals surface area contributed by atoms with Gasteiger partial charge in [0.15, 0.2) is 0 Å². The number of halogens is 1. The van der Waals surface area contributed by atoms with Crippen LogP contribution in [-0.2, 0) is 4.79 Å². The Morgan fingerprint density at radius 1 is 1.12 bits per heavy atom. The van der Waals surface area contributed by atoms with Gasteiger partial charge in [0.25, 0.3) is 0 Å². The standard InChI is InChI=1S/C20H24BrN3O/c1-15-13-16(9-10-17(15)21)23-20(25)14-22-18-7-3-4-8-19(18)24-11-5-2-6-12-24/h3-4,7-10,13,22H,2,5-6,11-12,14H2,1H3,(H,23,25). The number of anilines is 3. The molecule has 1 aliphatic heterocycles. The molecule has 3 rings (SSSR count). The van der Waals surface area contributed by atoms with Crippen LogP contribution in [0, 0.1) is 6.92 Å². The molecule has 5 heteroatoms. The molecule has 25 heavy (non-hydrogen) atoms. The number of carbonyl (C=O) groups excluding carboxylic acids is 1. The molecule has 1 fully saturated rings. The molecule has 0 saturated carbocycles. The molecule has 1 aliphatic rings. The molecular weight excluding hydrogens is 378 g/mol. The van der Waals surface area contributed by atoms with Crippen molar-refractivity contribution < 1.29 is 4.79 Å². The van der Waals surface area contributed by atoms with Gasteiger partial charge in [-0.1, -0.05) is 28.1 Å². The zero-order valence-corrected chi connectivity index (χ0v) is 16.1. The normalized spacial score (nSPS) is 14.2. The number of aryl methyl sites for hydroxylation is 1. The molecule has 1 amide bonds. The van der Waals surface area contributed by atoms with Gasteiger partial charge >= 0.3 is 0 Å². The third kappa shape index (κ3) is 4.75. The minimum atomic E-state index is -0.0461. The van der Waals surface area contributed by atoms with Crippen LogP contribution in [0.15, 0.2) is 46.9 Å². The summed E-state index contributed by atoms with van der Waals surface area (Å²) in [5.41, 5.74) is 4.12. The number of nitrogens with zero attached hydrogens (tertiary/aromatic N) is 1. The summed E-state index contributed by atoms with van der Waals surface area (Å²) in [6.45, 7) is 4.43. The number of hydrogen-bond donors (Lipinski definition) is 2. The zero-order chi connectivity index (χ0) is 17.6. The van der Waals surface area contributed by atoms with E-state index in [0.717, 1.165) is 34.5 Å². The first-order valence-electron chi connectivity index (χ1n) is 8.77. The van der Waals surface area contributed by atoms with Crippen LogP contribution in [0.4, 0.5) is 17.1 Å². The van der Waals surface area contributed by atoms with Crippen LogP contribution in [0.25, 0.3) is 0 Å². The molecule has 132 valence electrons. The van der Waals surface area contributed by atoms with Crippen LogP contribution >= 0.6 is 15.9 Å². The molecule has 0 aromatic heterocycles. The molecule has 4 nitrogen and oxygen atoms in total. The van der Waals surface area contributed by atoms with E-state index in [1.807, 2.05) is 37.3 Å².